The molecule has 1 aromatic heterocycles. The average Bonchev–Trinajstić information content (AvgIpc) is 2.72. The number of hydrogen-bond donors (Lipinski definition) is 1. The second-order valence-corrected chi connectivity index (χ2v) is 5.25. The molecule has 0 radical (unpaired) electrons. The quantitative estimate of drug-likeness (QED) is 0.749. The topological polar surface area (TPSA) is 34.1 Å². The smallest absolute Gasteiger partial charge is 0.0987 e. The second-order valence-electron chi connectivity index (χ2n) is 4.35. The summed E-state index contributed by atoms with van der Waals surface area (Å²) in [5, 5.41) is 6.77. The van der Waals surface area contributed by atoms with Gasteiger partial charge < -0.3 is 10.1 Å². The Bertz CT molecular complexity index is 302. The van der Waals surface area contributed by atoms with Gasteiger partial charge in [-0.2, -0.15) is 0 Å². The Morgan fingerprint density at radius 1 is 1.73 bits per heavy atom. The van der Waals surface area contributed by atoms with E-state index in [2.05, 4.69) is 22.6 Å². The Balaban J connectivity index is 1.75. The summed E-state index contributed by atoms with van der Waals surface area (Å²) in [7, 11) is 1.73. The molecule has 1 saturated carbocycles. The molecule has 3 nitrogen and oxygen atoms in total. The molecule has 15 heavy (non-hydrogen) atoms. The summed E-state index contributed by atoms with van der Waals surface area (Å²) in [6.45, 7) is 5.13. The molecule has 1 aliphatic rings. The lowest BCUT2D eigenvalue weighted by molar-refractivity contribution is 0.199. The van der Waals surface area contributed by atoms with Gasteiger partial charge in [0.2, 0.25) is 0 Å². The van der Waals surface area contributed by atoms with E-state index >= 15 is 0 Å². The minimum absolute atomic E-state index is 0.342. The highest BCUT2D eigenvalue weighted by Gasteiger charge is 2.52. The van der Waals surface area contributed by atoms with E-state index in [1.54, 1.807) is 18.4 Å². The summed E-state index contributed by atoms with van der Waals surface area (Å²) in [4.78, 5) is 4.41. The normalized spacial score (nSPS) is 29.3. The lowest BCUT2D eigenvalue weighted by atomic mass is 10.1. The van der Waals surface area contributed by atoms with Crippen LogP contribution in [0.3, 0.4) is 0 Å². The van der Waals surface area contributed by atoms with Gasteiger partial charge in [-0.3, -0.25) is 0 Å². The van der Waals surface area contributed by atoms with Crippen LogP contribution in [0.25, 0.3) is 0 Å². The minimum atomic E-state index is 0.342. The van der Waals surface area contributed by atoms with Gasteiger partial charge in [-0.15, -0.1) is 11.3 Å². The van der Waals surface area contributed by atoms with Crippen molar-refractivity contribution in [2.75, 3.05) is 26.8 Å². The molecule has 0 aliphatic heterocycles. The molecule has 84 valence electrons. The van der Waals surface area contributed by atoms with Gasteiger partial charge >= 0.3 is 0 Å². The fraction of sp³-hybridized carbons (Fsp3) is 0.727. The summed E-state index contributed by atoms with van der Waals surface area (Å²) in [6, 6.07) is 0. The van der Waals surface area contributed by atoms with Gasteiger partial charge in [0.15, 0.2) is 0 Å². The maximum absolute atomic E-state index is 5.00. The maximum Gasteiger partial charge on any atom is 0.0987 e. The van der Waals surface area contributed by atoms with E-state index < -0.39 is 0 Å². The number of thiazole rings is 1. The first-order valence-electron chi connectivity index (χ1n) is 5.37. The molecule has 0 aromatic carbocycles. The number of methoxy groups -OCH3 is 1. The number of nitrogens with zero attached hydrogens (tertiary/aromatic N) is 1. The van der Waals surface area contributed by atoms with Crippen molar-refractivity contribution in [2.45, 2.75) is 18.8 Å². The molecule has 0 bridgehead atoms. The monoisotopic (exact) mass is 226 g/mol. The number of hydrogen-bond acceptors (Lipinski definition) is 4. The summed E-state index contributed by atoms with van der Waals surface area (Å²) >= 11 is 1.78. The third-order valence-corrected chi connectivity index (χ3v) is 4.26. The molecule has 1 heterocycles. The van der Waals surface area contributed by atoms with Gasteiger partial charge in [0.25, 0.3) is 0 Å². The third-order valence-electron chi connectivity index (χ3n) is 3.21. The van der Waals surface area contributed by atoms with Crippen LogP contribution in [0.2, 0.25) is 0 Å². The lowest BCUT2D eigenvalue weighted by Gasteiger charge is -2.08. The van der Waals surface area contributed by atoms with Crippen molar-refractivity contribution in [1.82, 2.24) is 10.3 Å². The summed E-state index contributed by atoms with van der Waals surface area (Å²) in [5.41, 5.74) is 0.342. The highest BCUT2D eigenvalue weighted by atomic mass is 32.1. The van der Waals surface area contributed by atoms with E-state index in [1.807, 2.05) is 6.20 Å². The first kappa shape index (κ1) is 11.0. The van der Waals surface area contributed by atoms with Crippen molar-refractivity contribution >= 4 is 11.3 Å². The van der Waals surface area contributed by atoms with Crippen LogP contribution in [0.5, 0.6) is 0 Å². The number of ether oxygens (including phenoxy) is 1. The Labute approximate surface area is 94.9 Å². The molecule has 1 aromatic rings. The van der Waals surface area contributed by atoms with Crippen LogP contribution >= 0.6 is 11.3 Å². The van der Waals surface area contributed by atoms with Crippen LogP contribution in [0.4, 0.5) is 0 Å². The summed E-state index contributed by atoms with van der Waals surface area (Å²) in [5.74, 6) is 0.750. The Hall–Kier alpha value is -0.450. The largest absolute Gasteiger partial charge is 0.383 e. The van der Waals surface area contributed by atoms with Gasteiger partial charge in [0, 0.05) is 30.6 Å². The van der Waals surface area contributed by atoms with E-state index in [0.717, 1.165) is 25.6 Å². The van der Waals surface area contributed by atoms with E-state index in [-0.39, 0.29) is 0 Å². The van der Waals surface area contributed by atoms with Crippen molar-refractivity contribution in [3.63, 3.8) is 0 Å². The van der Waals surface area contributed by atoms with Crippen molar-refractivity contribution in [2.24, 2.45) is 5.92 Å². The Morgan fingerprint density at radius 2 is 2.60 bits per heavy atom. The number of aromatic nitrogens is 1. The number of nitrogens with one attached hydrogen (secondary N) is 1. The molecule has 1 fully saturated rings. The van der Waals surface area contributed by atoms with Crippen LogP contribution in [0.15, 0.2) is 11.6 Å². The lowest BCUT2D eigenvalue weighted by Crippen LogP contribution is -2.23. The average molecular weight is 226 g/mol. The molecule has 0 spiro atoms. The van der Waals surface area contributed by atoms with E-state index in [4.69, 9.17) is 4.74 Å². The first-order valence-corrected chi connectivity index (χ1v) is 6.25. The Kier molecular flexibility index (Phi) is 3.38. The van der Waals surface area contributed by atoms with Crippen LogP contribution < -0.4 is 5.32 Å². The van der Waals surface area contributed by atoms with Crippen LogP contribution in [0, 0.1) is 5.92 Å². The van der Waals surface area contributed by atoms with Crippen LogP contribution in [-0.4, -0.2) is 31.8 Å². The molecule has 0 amide bonds. The Morgan fingerprint density at radius 3 is 3.27 bits per heavy atom. The molecule has 0 saturated heterocycles. The molecule has 2 rings (SSSR count). The zero-order valence-corrected chi connectivity index (χ0v) is 10.1. The third kappa shape index (κ3) is 2.38. The zero-order valence-electron chi connectivity index (χ0n) is 9.32. The molecular weight excluding hydrogens is 208 g/mol. The van der Waals surface area contributed by atoms with Crippen molar-refractivity contribution < 1.29 is 4.74 Å². The molecule has 1 N–H and O–H groups in total. The van der Waals surface area contributed by atoms with Crippen molar-refractivity contribution in [3.8, 4) is 0 Å². The van der Waals surface area contributed by atoms with Gasteiger partial charge in [-0.05, 0) is 18.9 Å². The highest BCUT2D eigenvalue weighted by Crippen LogP contribution is 2.53. The predicted molar refractivity (Wildman–Crippen MR) is 62.3 cm³/mol. The molecule has 2 unspecified atom stereocenters. The number of rotatable bonds is 6. The fourth-order valence-electron chi connectivity index (χ4n) is 1.97. The van der Waals surface area contributed by atoms with Crippen molar-refractivity contribution in [1.29, 1.82) is 0 Å². The minimum Gasteiger partial charge on any atom is -0.383 e. The predicted octanol–water partition coefficient (Wildman–Crippen LogP) is 1.66. The highest BCUT2D eigenvalue weighted by molar-refractivity contribution is 7.09. The molecule has 1 aliphatic carbocycles. The summed E-state index contributed by atoms with van der Waals surface area (Å²) < 4.78 is 5.00. The maximum atomic E-state index is 5.00. The van der Waals surface area contributed by atoms with Gasteiger partial charge in [0.1, 0.15) is 0 Å². The summed E-state index contributed by atoms with van der Waals surface area (Å²) in [6.07, 6.45) is 3.17. The van der Waals surface area contributed by atoms with Gasteiger partial charge in [0.05, 0.1) is 11.6 Å². The fourth-order valence-corrected chi connectivity index (χ4v) is 2.86. The molecule has 2 atom stereocenters. The zero-order chi connectivity index (χ0) is 10.7. The van der Waals surface area contributed by atoms with E-state index in [9.17, 15) is 0 Å². The van der Waals surface area contributed by atoms with Crippen LogP contribution in [0.1, 0.15) is 18.4 Å². The molecule has 4 heteroatoms. The second kappa shape index (κ2) is 4.60. The van der Waals surface area contributed by atoms with E-state index in [0.29, 0.717) is 5.41 Å². The van der Waals surface area contributed by atoms with Crippen molar-refractivity contribution in [3.05, 3.63) is 16.6 Å². The van der Waals surface area contributed by atoms with Gasteiger partial charge in [-0.1, -0.05) is 6.92 Å². The molecular formula is C11H18N2OS. The van der Waals surface area contributed by atoms with Gasteiger partial charge in [-0.25, -0.2) is 4.98 Å². The standard InChI is InChI=1S/C11H18N2OS/c1-11(10-13-4-6-15-10)7-9(11)8-12-3-5-14-2/h4,6,9,12H,3,5,7-8H2,1-2H3. The van der Waals surface area contributed by atoms with Crippen LogP contribution in [-0.2, 0) is 10.2 Å². The SMILES string of the molecule is COCCNCC1CC1(C)c1nccs1. The van der Waals surface area contributed by atoms with E-state index in [1.165, 1.54) is 11.4 Å². The first-order chi connectivity index (χ1) is 7.27.